The molecule has 1 aliphatic carbocycles. The molecule has 1 aromatic rings. The van der Waals surface area contributed by atoms with E-state index in [0.717, 1.165) is 31.5 Å². The highest BCUT2D eigenvalue weighted by atomic mass is 32.2. The van der Waals surface area contributed by atoms with Crippen LogP contribution in [0.3, 0.4) is 0 Å². The van der Waals surface area contributed by atoms with Gasteiger partial charge in [-0.15, -0.1) is 0 Å². The summed E-state index contributed by atoms with van der Waals surface area (Å²) >= 11 is 0. The number of aromatic nitrogens is 1. The van der Waals surface area contributed by atoms with Crippen LogP contribution < -0.4 is 5.32 Å². The third-order valence-corrected chi connectivity index (χ3v) is 6.35. The topological polar surface area (TPSA) is 65.2 Å². The zero-order chi connectivity index (χ0) is 15.5. The minimum Gasteiger partial charge on any atom is -0.363 e. The standard InChI is InChI=1S/C15H27N3O2S/c1-4-16-10-13-9-14(11-17-13)21(19,20)18(3)15-8-6-5-7-12(15)2/h9,11-12,15-17H,4-8,10H2,1-3H3. The van der Waals surface area contributed by atoms with Crippen molar-refractivity contribution in [2.45, 2.75) is 57.0 Å². The Bertz CT molecular complexity index is 553. The van der Waals surface area contributed by atoms with Crippen LogP contribution in [0.5, 0.6) is 0 Å². The van der Waals surface area contributed by atoms with Crippen LogP contribution in [0.1, 0.15) is 45.2 Å². The fraction of sp³-hybridized carbons (Fsp3) is 0.733. The highest BCUT2D eigenvalue weighted by molar-refractivity contribution is 7.89. The first-order valence-corrected chi connectivity index (χ1v) is 9.27. The van der Waals surface area contributed by atoms with Crippen molar-refractivity contribution in [1.29, 1.82) is 0 Å². The average Bonchev–Trinajstić information content (AvgIpc) is 2.94. The lowest BCUT2D eigenvalue weighted by Gasteiger charge is -2.35. The van der Waals surface area contributed by atoms with Crippen LogP contribution in [0, 0.1) is 5.92 Å². The number of hydrogen-bond acceptors (Lipinski definition) is 3. The normalized spacial score (nSPS) is 23.6. The minimum absolute atomic E-state index is 0.121. The van der Waals surface area contributed by atoms with E-state index >= 15 is 0 Å². The first-order valence-electron chi connectivity index (χ1n) is 7.83. The Hall–Kier alpha value is -0.850. The molecule has 5 nitrogen and oxygen atoms in total. The summed E-state index contributed by atoms with van der Waals surface area (Å²) in [6, 6.07) is 1.86. The highest BCUT2D eigenvalue weighted by Crippen LogP contribution is 2.30. The van der Waals surface area contributed by atoms with E-state index in [1.54, 1.807) is 23.6 Å². The summed E-state index contributed by atoms with van der Waals surface area (Å²) in [7, 11) is -1.68. The second kappa shape index (κ2) is 6.94. The zero-order valence-corrected chi connectivity index (χ0v) is 14.0. The van der Waals surface area contributed by atoms with E-state index in [9.17, 15) is 8.42 Å². The number of nitrogens with zero attached hydrogens (tertiary/aromatic N) is 1. The monoisotopic (exact) mass is 313 g/mol. The lowest BCUT2D eigenvalue weighted by Crippen LogP contribution is -2.42. The maximum atomic E-state index is 12.7. The Morgan fingerprint density at radius 2 is 2.10 bits per heavy atom. The van der Waals surface area contributed by atoms with Crippen molar-refractivity contribution in [2.24, 2.45) is 5.92 Å². The molecular weight excluding hydrogens is 286 g/mol. The molecule has 21 heavy (non-hydrogen) atoms. The van der Waals surface area contributed by atoms with E-state index in [4.69, 9.17) is 0 Å². The molecule has 0 aromatic carbocycles. The molecule has 0 radical (unpaired) electrons. The van der Waals surface area contributed by atoms with Crippen molar-refractivity contribution in [2.75, 3.05) is 13.6 Å². The molecule has 1 aromatic heterocycles. The largest absolute Gasteiger partial charge is 0.363 e. The van der Waals surface area contributed by atoms with E-state index in [1.807, 2.05) is 6.92 Å². The third-order valence-electron chi connectivity index (χ3n) is 4.49. The van der Waals surface area contributed by atoms with Crippen LogP contribution in [-0.4, -0.2) is 37.3 Å². The van der Waals surface area contributed by atoms with Crippen LogP contribution in [0.4, 0.5) is 0 Å². The number of sulfonamides is 1. The van der Waals surface area contributed by atoms with Crippen molar-refractivity contribution >= 4 is 10.0 Å². The van der Waals surface area contributed by atoms with Gasteiger partial charge in [0.1, 0.15) is 0 Å². The van der Waals surface area contributed by atoms with Crippen molar-refractivity contribution in [3.8, 4) is 0 Å². The lowest BCUT2D eigenvalue weighted by molar-refractivity contribution is 0.213. The van der Waals surface area contributed by atoms with Gasteiger partial charge in [0.25, 0.3) is 0 Å². The molecule has 1 saturated carbocycles. The Labute approximate surface area is 128 Å². The summed E-state index contributed by atoms with van der Waals surface area (Å²) in [4.78, 5) is 3.42. The number of nitrogens with one attached hydrogen (secondary N) is 2. The van der Waals surface area contributed by atoms with Crippen LogP contribution in [0.25, 0.3) is 0 Å². The van der Waals surface area contributed by atoms with Gasteiger partial charge in [-0.25, -0.2) is 8.42 Å². The van der Waals surface area contributed by atoms with Crippen molar-refractivity contribution in [3.05, 3.63) is 18.0 Å². The van der Waals surface area contributed by atoms with Crippen LogP contribution in [0.15, 0.2) is 17.2 Å². The van der Waals surface area contributed by atoms with Gasteiger partial charge >= 0.3 is 0 Å². The van der Waals surface area contributed by atoms with E-state index in [2.05, 4.69) is 17.2 Å². The molecule has 6 heteroatoms. The van der Waals surface area contributed by atoms with Gasteiger partial charge in [-0.1, -0.05) is 26.7 Å². The summed E-state index contributed by atoms with van der Waals surface area (Å²) < 4.78 is 27.1. The minimum atomic E-state index is -3.40. The molecular formula is C15H27N3O2S. The Morgan fingerprint density at radius 1 is 1.38 bits per heavy atom. The van der Waals surface area contributed by atoms with Crippen molar-refractivity contribution in [3.63, 3.8) is 0 Å². The predicted octanol–water partition coefficient (Wildman–Crippen LogP) is 2.32. The quantitative estimate of drug-likeness (QED) is 0.847. The predicted molar refractivity (Wildman–Crippen MR) is 84.5 cm³/mol. The summed E-state index contributed by atoms with van der Waals surface area (Å²) in [5, 5.41) is 3.19. The first-order chi connectivity index (χ1) is 9.96. The summed E-state index contributed by atoms with van der Waals surface area (Å²) in [5.41, 5.74) is 0.903. The van der Waals surface area contributed by atoms with Gasteiger partial charge in [0.2, 0.25) is 10.0 Å². The number of rotatable bonds is 6. The Morgan fingerprint density at radius 3 is 2.76 bits per heavy atom. The first kappa shape index (κ1) is 16.5. The molecule has 2 unspecified atom stereocenters. The second-order valence-electron chi connectivity index (χ2n) is 5.99. The molecule has 120 valence electrons. The van der Waals surface area contributed by atoms with Crippen LogP contribution in [-0.2, 0) is 16.6 Å². The van der Waals surface area contributed by atoms with Crippen LogP contribution in [0.2, 0.25) is 0 Å². The molecule has 0 spiro atoms. The summed E-state index contributed by atoms with van der Waals surface area (Å²) in [6.45, 7) is 5.71. The second-order valence-corrected chi connectivity index (χ2v) is 7.99. The Kier molecular flexibility index (Phi) is 5.46. The smallest absolute Gasteiger partial charge is 0.244 e. The van der Waals surface area contributed by atoms with Gasteiger partial charge in [0, 0.05) is 31.5 Å². The maximum Gasteiger partial charge on any atom is 0.244 e. The number of H-pyrrole nitrogens is 1. The fourth-order valence-electron chi connectivity index (χ4n) is 3.11. The SMILES string of the molecule is CCNCc1cc(S(=O)(=O)N(C)C2CCCCC2C)c[nH]1. The Balaban J connectivity index is 2.14. The lowest BCUT2D eigenvalue weighted by atomic mass is 9.86. The van der Waals surface area contributed by atoms with E-state index in [0.29, 0.717) is 17.4 Å². The summed E-state index contributed by atoms with van der Waals surface area (Å²) in [6.07, 6.45) is 6.01. The maximum absolute atomic E-state index is 12.7. The molecule has 0 aliphatic heterocycles. The van der Waals surface area contributed by atoms with Crippen LogP contribution >= 0.6 is 0 Å². The molecule has 0 bridgehead atoms. The van der Waals surface area contributed by atoms with E-state index in [-0.39, 0.29) is 6.04 Å². The van der Waals surface area contributed by atoms with Gasteiger partial charge in [-0.05, 0) is 31.4 Å². The molecule has 0 amide bonds. The van der Waals surface area contributed by atoms with Gasteiger partial charge in [0.05, 0.1) is 4.90 Å². The van der Waals surface area contributed by atoms with Gasteiger partial charge in [0.15, 0.2) is 0 Å². The van der Waals surface area contributed by atoms with E-state index < -0.39 is 10.0 Å². The molecule has 2 atom stereocenters. The molecule has 1 heterocycles. The number of aromatic amines is 1. The van der Waals surface area contributed by atoms with Crippen molar-refractivity contribution < 1.29 is 8.42 Å². The average molecular weight is 313 g/mol. The molecule has 2 rings (SSSR count). The van der Waals surface area contributed by atoms with Crippen molar-refractivity contribution in [1.82, 2.24) is 14.6 Å². The van der Waals surface area contributed by atoms with E-state index in [1.165, 1.54) is 6.42 Å². The van der Waals surface area contributed by atoms with Gasteiger partial charge in [-0.3, -0.25) is 0 Å². The molecule has 0 saturated heterocycles. The number of hydrogen-bond donors (Lipinski definition) is 2. The molecule has 1 fully saturated rings. The zero-order valence-electron chi connectivity index (χ0n) is 13.2. The highest BCUT2D eigenvalue weighted by Gasteiger charge is 2.33. The van der Waals surface area contributed by atoms with Gasteiger partial charge in [-0.2, -0.15) is 4.31 Å². The summed E-state index contributed by atoms with van der Waals surface area (Å²) in [5.74, 6) is 0.429. The molecule has 1 aliphatic rings. The van der Waals surface area contributed by atoms with Gasteiger partial charge < -0.3 is 10.3 Å². The third kappa shape index (κ3) is 3.67. The molecule has 2 N–H and O–H groups in total. The fourth-order valence-corrected chi connectivity index (χ4v) is 4.61.